The van der Waals surface area contributed by atoms with Gasteiger partial charge >= 0.3 is 5.97 Å². The van der Waals surface area contributed by atoms with Crippen LogP contribution in [0.15, 0.2) is 42.5 Å². The zero-order valence-corrected chi connectivity index (χ0v) is 12.3. The first-order chi connectivity index (χ1) is 9.95. The Morgan fingerprint density at radius 3 is 2.29 bits per heavy atom. The third-order valence-electron chi connectivity index (χ3n) is 3.77. The molecule has 0 radical (unpaired) electrons. The molecule has 2 rings (SSSR count). The minimum absolute atomic E-state index is 0.331. The van der Waals surface area contributed by atoms with Gasteiger partial charge in [0.15, 0.2) is 0 Å². The van der Waals surface area contributed by atoms with Crippen molar-refractivity contribution in [1.82, 2.24) is 0 Å². The summed E-state index contributed by atoms with van der Waals surface area (Å²) in [4.78, 5) is 11.5. The molecule has 0 spiro atoms. The first-order valence-corrected chi connectivity index (χ1v) is 6.99. The van der Waals surface area contributed by atoms with Gasteiger partial charge in [-0.25, -0.2) is 4.39 Å². The van der Waals surface area contributed by atoms with Crippen molar-refractivity contribution in [2.24, 2.45) is 5.92 Å². The Balaban J connectivity index is 2.15. The highest BCUT2D eigenvalue weighted by Crippen LogP contribution is 2.18. The third-order valence-corrected chi connectivity index (χ3v) is 3.77. The highest BCUT2D eigenvalue weighted by molar-refractivity contribution is 5.71. The van der Waals surface area contributed by atoms with Gasteiger partial charge in [-0.15, -0.1) is 0 Å². The van der Waals surface area contributed by atoms with Crippen LogP contribution in [-0.2, 0) is 17.6 Å². The lowest BCUT2D eigenvalue weighted by Crippen LogP contribution is -2.19. The number of halogens is 1. The molecular formula is C18H19FO2. The van der Waals surface area contributed by atoms with Crippen molar-refractivity contribution in [2.45, 2.75) is 26.7 Å². The normalized spacial score (nSPS) is 12.1. The van der Waals surface area contributed by atoms with Crippen molar-refractivity contribution in [3.63, 3.8) is 0 Å². The maximum Gasteiger partial charge on any atom is 0.307 e. The molecule has 1 atom stereocenters. The highest BCUT2D eigenvalue weighted by atomic mass is 19.1. The number of carboxylic acids is 1. The Morgan fingerprint density at radius 2 is 1.71 bits per heavy atom. The summed E-state index contributed by atoms with van der Waals surface area (Å²) in [5, 5.41) is 9.40. The fourth-order valence-corrected chi connectivity index (χ4v) is 2.41. The fourth-order valence-electron chi connectivity index (χ4n) is 2.41. The van der Waals surface area contributed by atoms with Crippen molar-refractivity contribution in [1.29, 1.82) is 0 Å². The molecule has 2 aromatic carbocycles. The number of aryl methyl sites for hydroxylation is 2. The van der Waals surface area contributed by atoms with Crippen LogP contribution >= 0.6 is 0 Å². The topological polar surface area (TPSA) is 37.3 Å². The molecule has 3 heteroatoms. The number of carbonyl (C=O) groups is 1. The van der Waals surface area contributed by atoms with Crippen LogP contribution in [0.2, 0.25) is 0 Å². The van der Waals surface area contributed by atoms with Gasteiger partial charge in [0.1, 0.15) is 5.82 Å². The number of hydrogen-bond donors (Lipinski definition) is 1. The van der Waals surface area contributed by atoms with E-state index >= 15 is 0 Å². The molecule has 2 nitrogen and oxygen atoms in total. The second-order valence-corrected chi connectivity index (χ2v) is 5.49. The molecule has 0 aliphatic heterocycles. The van der Waals surface area contributed by atoms with Crippen LogP contribution in [0, 0.1) is 25.6 Å². The minimum Gasteiger partial charge on any atom is -0.481 e. The average molecular weight is 286 g/mol. The Labute approximate surface area is 124 Å². The number of rotatable bonds is 5. The monoisotopic (exact) mass is 286 g/mol. The average Bonchev–Trinajstić information content (AvgIpc) is 2.42. The molecule has 110 valence electrons. The van der Waals surface area contributed by atoms with Crippen LogP contribution in [0.3, 0.4) is 0 Å². The molecular weight excluding hydrogens is 267 g/mol. The molecule has 0 bridgehead atoms. The van der Waals surface area contributed by atoms with Crippen molar-refractivity contribution in [3.8, 4) is 0 Å². The Kier molecular flexibility index (Phi) is 4.73. The van der Waals surface area contributed by atoms with E-state index in [2.05, 4.69) is 0 Å². The molecule has 0 aliphatic carbocycles. The van der Waals surface area contributed by atoms with Crippen LogP contribution in [0.5, 0.6) is 0 Å². The van der Waals surface area contributed by atoms with E-state index in [1.807, 2.05) is 32.0 Å². The summed E-state index contributed by atoms with van der Waals surface area (Å²) in [7, 11) is 0. The van der Waals surface area contributed by atoms with Gasteiger partial charge in [0.2, 0.25) is 0 Å². The minimum atomic E-state index is -0.850. The van der Waals surface area contributed by atoms with Crippen LogP contribution < -0.4 is 0 Å². The summed E-state index contributed by atoms with van der Waals surface area (Å²) >= 11 is 0. The van der Waals surface area contributed by atoms with Gasteiger partial charge in [-0.2, -0.15) is 0 Å². The quantitative estimate of drug-likeness (QED) is 0.904. The maximum absolute atomic E-state index is 13.2. The molecule has 1 N–H and O–H groups in total. The van der Waals surface area contributed by atoms with Crippen molar-refractivity contribution in [3.05, 3.63) is 70.5 Å². The van der Waals surface area contributed by atoms with E-state index in [0.29, 0.717) is 18.4 Å². The number of carboxylic acid groups (broad SMARTS) is 1. The largest absolute Gasteiger partial charge is 0.481 e. The highest BCUT2D eigenvalue weighted by Gasteiger charge is 2.19. The van der Waals surface area contributed by atoms with Gasteiger partial charge in [0.25, 0.3) is 0 Å². The maximum atomic E-state index is 13.2. The van der Waals surface area contributed by atoms with Crippen LogP contribution in [0.4, 0.5) is 4.39 Å². The summed E-state index contributed by atoms with van der Waals surface area (Å²) in [5.74, 6) is -1.73. The van der Waals surface area contributed by atoms with E-state index in [-0.39, 0.29) is 5.82 Å². The van der Waals surface area contributed by atoms with Crippen molar-refractivity contribution < 1.29 is 14.3 Å². The number of benzene rings is 2. The molecule has 21 heavy (non-hydrogen) atoms. The van der Waals surface area contributed by atoms with E-state index in [4.69, 9.17) is 0 Å². The predicted molar refractivity (Wildman–Crippen MR) is 80.8 cm³/mol. The van der Waals surface area contributed by atoms with Crippen LogP contribution in [0.1, 0.15) is 22.3 Å². The molecule has 2 aromatic rings. The van der Waals surface area contributed by atoms with E-state index < -0.39 is 11.9 Å². The van der Waals surface area contributed by atoms with E-state index in [1.54, 1.807) is 12.1 Å². The molecule has 0 saturated carbocycles. The third kappa shape index (κ3) is 4.15. The fraction of sp³-hybridized carbons (Fsp3) is 0.278. The molecule has 0 aliphatic rings. The summed E-state index contributed by atoms with van der Waals surface area (Å²) in [6, 6.07) is 12.1. The lowest BCUT2D eigenvalue weighted by Gasteiger charge is -2.13. The zero-order valence-electron chi connectivity index (χ0n) is 12.3. The first kappa shape index (κ1) is 15.2. The standard InChI is InChI=1S/C18H19FO2/c1-12-6-7-15(8-13(12)2)10-16(18(20)21)9-14-4-3-5-17(19)11-14/h3-8,11,16H,9-10H2,1-2H3,(H,20,21). The summed E-state index contributed by atoms with van der Waals surface area (Å²) in [5.41, 5.74) is 4.06. The smallest absolute Gasteiger partial charge is 0.307 e. The molecule has 0 amide bonds. The Bertz CT molecular complexity index is 649. The van der Waals surface area contributed by atoms with E-state index in [0.717, 1.165) is 11.1 Å². The molecule has 0 aromatic heterocycles. The molecule has 1 unspecified atom stereocenters. The molecule has 0 fully saturated rings. The van der Waals surface area contributed by atoms with Gasteiger partial charge in [-0.3, -0.25) is 4.79 Å². The molecule has 0 saturated heterocycles. The second-order valence-electron chi connectivity index (χ2n) is 5.49. The predicted octanol–water partition coefficient (Wildman–Crippen LogP) is 3.93. The lowest BCUT2D eigenvalue weighted by atomic mass is 9.91. The van der Waals surface area contributed by atoms with Gasteiger partial charge in [-0.05, 0) is 61.1 Å². The number of aliphatic carboxylic acids is 1. The summed E-state index contributed by atoms with van der Waals surface area (Å²) in [6.07, 6.45) is 0.785. The Hall–Kier alpha value is -2.16. The van der Waals surface area contributed by atoms with E-state index in [1.165, 1.54) is 17.7 Å². The van der Waals surface area contributed by atoms with Crippen molar-refractivity contribution >= 4 is 5.97 Å². The molecule has 0 heterocycles. The van der Waals surface area contributed by atoms with Gasteiger partial charge in [0.05, 0.1) is 5.92 Å². The van der Waals surface area contributed by atoms with Gasteiger partial charge in [-0.1, -0.05) is 30.3 Å². The van der Waals surface area contributed by atoms with Gasteiger partial charge < -0.3 is 5.11 Å². The zero-order chi connectivity index (χ0) is 15.4. The first-order valence-electron chi connectivity index (χ1n) is 6.99. The van der Waals surface area contributed by atoms with Crippen LogP contribution in [-0.4, -0.2) is 11.1 Å². The Morgan fingerprint density at radius 1 is 1.05 bits per heavy atom. The van der Waals surface area contributed by atoms with E-state index in [9.17, 15) is 14.3 Å². The number of hydrogen-bond acceptors (Lipinski definition) is 1. The van der Waals surface area contributed by atoms with Crippen molar-refractivity contribution in [2.75, 3.05) is 0 Å². The summed E-state index contributed by atoms with van der Waals surface area (Å²) in [6.45, 7) is 4.04. The summed E-state index contributed by atoms with van der Waals surface area (Å²) < 4.78 is 13.2. The lowest BCUT2D eigenvalue weighted by molar-refractivity contribution is -0.141. The second kappa shape index (κ2) is 6.53. The SMILES string of the molecule is Cc1ccc(CC(Cc2cccc(F)c2)C(=O)O)cc1C. The van der Waals surface area contributed by atoms with Gasteiger partial charge in [0, 0.05) is 0 Å². The van der Waals surface area contributed by atoms with Crippen LogP contribution in [0.25, 0.3) is 0 Å².